The van der Waals surface area contributed by atoms with Crippen LogP contribution in [0, 0.1) is 0 Å². The largest absolute Gasteiger partial charge is 0.393 e. The molecule has 0 saturated heterocycles. The molecule has 1 aliphatic rings. The van der Waals surface area contributed by atoms with Gasteiger partial charge in [-0.1, -0.05) is 23.7 Å². The summed E-state index contributed by atoms with van der Waals surface area (Å²) in [6, 6.07) is 9.41. The molecule has 5 heteroatoms. The Balaban J connectivity index is 1.71. The van der Waals surface area contributed by atoms with Gasteiger partial charge in [-0.2, -0.15) is 0 Å². The zero-order valence-electron chi connectivity index (χ0n) is 12.7. The number of aliphatic hydroxyl groups is 1. The van der Waals surface area contributed by atoms with Gasteiger partial charge in [-0.15, -0.1) is 0 Å². The molecule has 0 atom stereocenters. The van der Waals surface area contributed by atoms with Gasteiger partial charge in [-0.05, 0) is 49.4 Å². The van der Waals surface area contributed by atoms with E-state index in [2.05, 4.69) is 10.3 Å². The highest BCUT2D eigenvalue weighted by Gasteiger charge is 2.21. The van der Waals surface area contributed by atoms with Crippen molar-refractivity contribution in [1.82, 2.24) is 10.3 Å². The third kappa shape index (κ3) is 4.09. The van der Waals surface area contributed by atoms with E-state index < -0.39 is 0 Å². The molecule has 0 spiro atoms. The van der Waals surface area contributed by atoms with Crippen LogP contribution in [0.2, 0.25) is 5.02 Å². The van der Waals surface area contributed by atoms with Gasteiger partial charge in [0.25, 0.3) is 5.91 Å². The van der Waals surface area contributed by atoms with Crippen LogP contribution in [0.5, 0.6) is 0 Å². The van der Waals surface area contributed by atoms with E-state index >= 15 is 0 Å². The summed E-state index contributed by atoms with van der Waals surface area (Å²) in [7, 11) is 0. The molecule has 1 amide bonds. The standard InChI is InChI=1S/C18H19ClN2O2/c19-15-3-1-12(2-4-15)13-9-14(11-20-10-13)18(23)21-16-5-7-17(22)8-6-16/h1-4,9-11,16-17,22H,5-8H2,(H,21,23). The summed E-state index contributed by atoms with van der Waals surface area (Å²) < 4.78 is 0. The SMILES string of the molecule is O=C(NC1CCC(O)CC1)c1cncc(-c2ccc(Cl)cc2)c1. The second-order valence-corrected chi connectivity index (χ2v) is 6.38. The van der Waals surface area contributed by atoms with E-state index in [-0.39, 0.29) is 18.1 Å². The van der Waals surface area contributed by atoms with E-state index in [0.29, 0.717) is 10.6 Å². The third-order valence-electron chi connectivity index (χ3n) is 4.21. The number of aromatic nitrogens is 1. The molecule has 120 valence electrons. The summed E-state index contributed by atoms with van der Waals surface area (Å²) in [6.45, 7) is 0. The van der Waals surface area contributed by atoms with E-state index in [9.17, 15) is 9.90 Å². The minimum atomic E-state index is -0.224. The Morgan fingerprint density at radius 2 is 1.78 bits per heavy atom. The van der Waals surface area contributed by atoms with E-state index in [0.717, 1.165) is 36.8 Å². The number of rotatable bonds is 3. The monoisotopic (exact) mass is 330 g/mol. The average molecular weight is 331 g/mol. The van der Waals surface area contributed by atoms with Crippen LogP contribution in [0.1, 0.15) is 36.0 Å². The van der Waals surface area contributed by atoms with Crippen LogP contribution in [-0.2, 0) is 0 Å². The van der Waals surface area contributed by atoms with Gasteiger partial charge in [0.05, 0.1) is 11.7 Å². The molecule has 0 aliphatic heterocycles. The molecule has 2 aromatic rings. The summed E-state index contributed by atoms with van der Waals surface area (Å²) in [5, 5.41) is 13.2. The van der Waals surface area contributed by atoms with Gasteiger partial charge in [0.1, 0.15) is 0 Å². The molecule has 2 N–H and O–H groups in total. The van der Waals surface area contributed by atoms with Crippen LogP contribution in [0.4, 0.5) is 0 Å². The first kappa shape index (κ1) is 16.0. The molecule has 1 saturated carbocycles. The lowest BCUT2D eigenvalue weighted by atomic mass is 9.93. The third-order valence-corrected chi connectivity index (χ3v) is 4.46. The number of nitrogens with zero attached hydrogens (tertiary/aromatic N) is 1. The van der Waals surface area contributed by atoms with Gasteiger partial charge >= 0.3 is 0 Å². The summed E-state index contributed by atoms with van der Waals surface area (Å²) in [5.74, 6) is -0.116. The summed E-state index contributed by atoms with van der Waals surface area (Å²) in [5.41, 5.74) is 2.40. The number of carbonyl (C=O) groups excluding carboxylic acids is 1. The maximum Gasteiger partial charge on any atom is 0.253 e. The smallest absolute Gasteiger partial charge is 0.253 e. The Kier molecular flexibility index (Phi) is 4.94. The van der Waals surface area contributed by atoms with Gasteiger partial charge in [0.15, 0.2) is 0 Å². The first-order chi connectivity index (χ1) is 11.1. The Labute approximate surface area is 140 Å². The zero-order chi connectivity index (χ0) is 16.2. The fourth-order valence-electron chi connectivity index (χ4n) is 2.85. The van der Waals surface area contributed by atoms with Gasteiger partial charge in [0, 0.05) is 29.0 Å². The maximum atomic E-state index is 12.4. The van der Waals surface area contributed by atoms with Crippen molar-refractivity contribution in [2.24, 2.45) is 0 Å². The highest BCUT2D eigenvalue weighted by Crippen LogP contribution is 2.22. The fourth-order valence-corrected chi connectivity index (χ4v) is 2.98. The summed E-state index contributed by atoms with van der Waals surface area (Å²) in [4.78, 5) is 16.6. The number of aliphatic hydroxyl groups excluding tert-OH is 1. The van der Waals surface area contributed by atoms with Crippen molar-refractivity contribution in [3.63, 3.8) is 0 Å². The average Bonchev–Trinajstić information content (AvgIpc) is 2.58. The molecule has 1 heterocycles. The van der Waals surface area contributed by atoms with Crippen molar-refractivity contribution < 1.29 is 9.90 Å². The van der Waals surface area contributed by atoms with Crippen LogP contribution >= 0.6 is 11.6 Å². The molecule has 1 aromatic heterocycles. The molecule has 4 nitrogen and oxygen atoms in total. The highest BCUT2D eigenvalue weighted by atomic mass is 35.5. The van der Waals surface area contributed by atoms with Crippen LogP contribution in [0.25, 0.3) is 11.1 Å². The molecule has 0 unspecified atom stereocenters. The minimum absolute atomic E-state index is 0.116. The van der Waals surface area contributed by atoms with E-state index in [1.165, 1.54) is 0 Å². The van der Waals surface area contributed by atoms with Crippen molar-refractivity contribution in [2.45, 2.75) is 37.8 Å². The number of amides is 1. The normalized spacial score (nSPS) is 21.0. The lowest BCUT2D eigenvalue weighted by Gasteiger charge is -2.26. The van der Waals surface area contributed by atoms with Crippen LogP contribution in [0.15, 0.2) is 42.7 Å². The zero-order valence-corrected chi connectivity index (χ0v) is 13.5. The summed E-state index contributed by atoms with van der Waals surface area (Å²) in [6.07, 6.45) is 6.21. The molecular formula is C18H19ClN2O2. The van der Waals surface area contributed by atoms with E-state index in [4.69, 9.17) is 11.6 Å². The lowest BCUT2D eigenvalue weighted by molar-refractivity contribution is 0.0867. The predicted molar refractivity (Wildman–Crippen MR) is 90.4 cm³/mol. The second-order valence-electron chi connectivity index (χ2n) is 5.95. The quantitative estimate of drug-likeness (QED) is 0.906. The number of nitrogens with one attached hydrogen (secondary N) is 1. The van der Waals surface area contributed by atoms with Gasteiger partial charge in [-0.25, -0.2) is 0 Å². The fraction of sp³-hybridized carbons (Fsp3) is 0.333. The molecule has 23 heavy (non-hydrogen) atoms. The molecule has 1 fully saturated rings. The highest BCUT2D eigenvalue weighted by molar-refractivity contribution is 6.30. The van der Waals surface area contributed by atoms with Crippen molar-refractivity contribution in [2.75, 3.05) is 0 Å². The number of hydrogen-bond donors (Lipinski definition) is 2. The van der Waals surface area contributed by atoms with E-state index in [1.54, 1.807) is 12.4 Å². The molecule has 0 bridgehead atoms. The molecule has 1 aromatic carbocycles. The Morgan fingerprint density at radius 1 is 1.09 bits per heavy atom. The first-order valence-electron chi connectivity index (χ1n) is 7.82. The van der Waals surface area contributed by atoms with Crippen LogP contribution < -0.4 is 5.32 Å². The summed E-state index contributed by atoms with van der Waals surface area (Å²) >= 11 is 5.90. The van der Waals surface area contributed by atoms with Gasteiger partial charge < -0.3 is 10.4 Å². The lowest BCUT2D eigenvalue weighted by Crippen LogP contribution is -2.38. The second kappa shape index (κ2) is 7.11. The number of hydrogen-bond acceptors (Lipinski definition) is 3. The van der Waals surface area contributed by atoms with E-state index in [1.807, 2.05) is 30.3 Å². The van der Waals surface area contributed by atoms with Crippen LogP contribution in [0.3, 0.4) is 0 Å². The Morgan fingerprint density at radius 3 is 2.48 bits per heavy atom. The van der Waals surface area contributed by atoms with Crippen molar-refractivity contribution in [3.8, 4) is 11.1 Å². The predicted octanol–water partition coefficient (Wildman–Crippen LogP) is 3.44. The topological polar surface area (TPSA) is 62.2 Å². The molecule has 1 aliphatic carbocycles. The van der Waals surface area contributed by atoms with Crippen LogP contribution in [-0.4, -0.2) is 28.1 Å². The number of halogens is 1. The van der Waals surface area contributed by atoms with Gasteiger partial charge in [0.2, 0.25) is 0 Å². The minimum Gasteiger partial charge on any atom is -0.393 e. The number of benzene rings is 1. The molecular weight excluding hydrogens is 312 g/mol. The Hall–Kier alpha value is -1.91. The van der Waals surface area contributed by atoms with Gasteiger partial charge in [-0.3, -0.25) is 9.78 Å². The molecule has 0 radical (unpaired) electrons. The first-order valence-corrected chi connectivity index (χ1v) is 8.19. The Bertz CT molecular complexity index is 680. The van der Waals surface area contributed by atoms with Crippen molar-refractivity contribution in [3.05, 3.63) is 53.3 Å². The number of pyridine rings is 1. The van der Waals surface area contributed by atoms with Crippen molar-refractivity contribution >= 4 is 17.5 Å². The van der Waals surface area contributed by atoms with Crippen molar-refractivity contribution in [1.29, 1.82) is 0 Å². The number of carbonyl (C=O) groups is 1. The maximum absolute atomic E-state index is 12.4. The molecule has 3 rings (SSSR count).